The van der Waals surface area contributed by atoms with Crippen molar-refractivity contribution in [3.05, 3.63) is 30.6 Å². The maximum atomic E-state index is 14.0. The van der Waals surface area contributed by atoms with Crippen molar-refractivity contribution in [1.82, 2.24) is 14.5 Å². The highest BCUT2D eigenvalue weighted by molar-refractivity contribution is 5.92. The van der Waals surface area contributed by atoms with E-state index in [1.807, 2.05) is 12.4 Å². The van der Waals surface area contributed by atoms with E-state index in [0.29, 0.717) is 17.1 Å². The molecule has 4 heteroatoms. The van der Waals surface area contributed by atoms with Crippen molar-refractivity contribution in [3.63, 3.8) is 0 Å². The van der Waals surface area contributed by atoms with Gasteiger partial charge in [-0.3, -0.25) is 4.79 Å². The van der Waals surface area contributed by atoms with Crippen LogP contribution in [0.15, 0.2) is 30.6 Å². The number of Topliss-reactive ketones (excluding diaryl/α,β-unsaturated/α-hetero) is 1. The van der Waals surface area contributed by atoms with Gasteiger partial charge in [-0.15, -0.1) is 0 Å². The summed E-state index contributed by atoms with van der Waals surface area (Å²) in [5.41, 5.74) is 2.47. The van der Waals surface area contributed by atoms with E-state index >= 15 is 0 Å². The molecule has 34 heavy (non-hydrogen) atoms. The van der Waals surface area contributed by atoms with E-state index in [2.05, 4.69) is 46.5 Å². The number of para-hydroxylation sites is 2. The van der Waals surface area contributed by atoms with Crippen LogP contribution in [0.2, 0.25) is 0 Å². The summed E-state index contributed by atoms with van der Waals surface area (Å²) in [4.78, 5) is 21.4. The van der Waals surface area contributed by atoms with E-state index in [4.69, 9.17) is 0 Å². The fraction of sp³-hybridized carbons (Fsp3) is 0.733. The lowest BCUT2D eigenvalue weighted by atomic mass is 9.45. The summed E-state index contributed by atoms with van der Waals surface area (Å²) in [6.45, 7) is 7.67. The summed E-state index contributed by atoms with van der Waals surface area (Å²) >= 11 is 0. The molecule has 1 aliphatic heterocycles. The summed E-state index contributed by atoms with van der Waals surface area (Å²) in [7, 11) is 0. The fourth-order valence-corrected chi connectivity index (χ4v) is 9.93. The summed E-state index contributed by atoms with van der Waals surface area (Å²) < 4.78 is 2.21. The number of fused-ring (bicyclic) bond motifs is 6. The van der Waals surface area contributed by atoms with E-state index < -0.39 is 0 Å². The molecule has 1 aromatic heterocycles. The maximum absolute atomic E-state index is 14.0. The van der Waals surface area contributed by atoms with Gasteiger partial charge in [0, 0.05) is 11.5 Å². The molecule has 5 aliphatic rings. The van der Waals surface area contributed by atoms with Crippen molar-refractivity contribution in [1.29, 1.82) is 0 Å². The molecule has 0 bridgehead atoms. The first-order valence-corrected chi connectivity index (χ1v) is 14.2. The molecule has 2 aromatic rings. The zero-order chi connectivity index (χ0) is 23.1. The van der Waals surface area contributed by atoms with Gasteiger partial charge >= 0.3 is 0 Å². The Morgan fingerprint density at radius 3 is 2.62 bits per heavy atom. The number of benzene rings is 1. The third-order valence-electron chi connectivity index (χ3n) is 11.8. The van der Waals surface area contributed by atoms with E-state index in [1.54, 1.807) is 0 Å². The summed E-state index contributed by atoms with van der Waals surface area (Å²) in [6, 6.07) is 9.13. The SMILES string of the molecule is C[C@]12CC[C@H](N3CCCC3)C[C@@H]1CC[C@@H]1[C@@H]2CC[C@]2(C)C(=O)[C@@H](n3cnc4ccccc43)C[C@@H]12. The number of ketones is 1. The van der Waals surface area contributed by atoms with Crippen molar-refractivity contribution in [2.75, 3.05) is 13.1 Å². The van der Waals surface area contributed by atoms with Crippen molar-refractivity contribution in [3.8, 4) is 0 Å². The average molecular weight is 460 g/mol. The van der Waals surface area contributed by atoms with Crippen molar-refractivity contribution < 1.29 is 4.79 Å². The Kier molecular flexibility index (Phi) is 4.86. The quantitative estimate of drug-likeness (QED) is 0.532. The second-order valence-electron chi connectivity index (χ2n) is 13.0. The fourth-order valence-electron chi connectivity index (χ4n) is 9.93. The third-order valence-corrected chi connectivity index (χ3v) is 11.8. The molecule has 182 valence electrons. The van der Waals surface area contributed by atoms with Crippen LogP contribution < -0.4 is 0 Å². The Balaban J connectivity index is 1.16. The Morgan fingerprint density at radius 2 is 1.76 bits per heavy atom. The van der Waals surface area contributed by atoms with Gasteiger partial charge in [0.1, 0.15) is 0 Å². The lowest BCUT2D eigenvalue weighted by Crippen LogP contribution is -2.55. The smallest absolute Gasteiger partial charge is 0.161 e. The number of carbonyl (C=O) groups excluding carboxylic acids is 1. The van der Waals surface area contributed by atoms with Gasteiger partial charge in [-0.2, -0.15) is 0 Å². The summed E-state index contributed by atoms with van der Waals surface area (Å²) in [5, 5.41) is 0. The van der Waals surface area contributed by atoms with Crippen LogP contribution >= 0.6 is 0 Å². The van der Waals surface area contributed by atoms with Crippen LogP contribution in [0, 0.1) is 34.5 Å². The van der Waals surface area contributed by atoms with Gasteiger partial charge in [0.2, 0.25) is 0 Å². The molecular weight excluding hydrogens is 418 g/mol. The molecule has 4 nitrogen and oxygen atoms in total. The molecule has 0 N–H and O–H groups in total. The zero-order valence-corrected chi connectivity index (χ0v) is 21.1. The van der Waals surface area contributed by atoms with E-state index in [9.17, 15) is 4.79 Å². The minimum atomic E-state index is -0.146. The minimum Gasteiger partial charge on any atom is -0.320 e. The van der Waals surface area contributed by atoms with Crippen molar-refractivity contribution in [2.24, 2.45) is 34.5 Å². The highest BCUT2D eigenvalue weighted by Crippen LogP contribution is 2.66. The Labute approximate surface area is 204 Å². The lowest BCUT2D eigenvalue weighted by Gasteiger charge is -2.60. The van der Waals surface area contributed by atoms with Gasteiger partial charge in [0.05, 0.1) is 23.4 Å². The predicted molar refractivity (Wildman–Crippen MR) is 135 cm³/mol. The van der Waals surface area contributed by atoms with Gasteiger partial charge in [-0.1, -0.05) is 26.0 Å². The van der Waals surface area contributed by atoms with Crippen molar-refractivity contribution >= 4 is 16.8 Å². The monoisotopic (exact) mass is 459 g/mol. The number of imidazole rings is 1. The molecule has 1 aromatic carbocycles. The molecule has 4 aliphatic carbocycles. The molecule has 0 radical (unpaired) electrons. The molecule has 0 spiro atoms. The topological polar surface area (TPSA) is 38.1 Å². The number of hydrogen-bond donors (Lipinski definition) is 0. The van der Waals surface area contributed by atoms with Gasteiger partial charge in [0.15, 0.2) is 5.78 Å². The second kappa shape index (κ2) is 7.66. The van der Waals surface area contributed by atoms with Crippen molar-refractivity contribution in [2.45, 2.75) is 90.1 Å². The predicted octanol–water partition coefficient (Wildman–Crippen LogP) is 6.26. The van der Waals surface area contributed by atoms with Crippen LogP contribution in [-0.4, -0.2) is 39.4 Å². The number of hydrogen-bond acceptors (Lipinski definition) is 3. The third kappa shape index (κ3) is 2.93. The first kappa shape index (κ1) is 21.6. The summed E-state index contributed by atoms with van der Waals surface area (Å²) in [6.07, 6.45) is 15.1. The molecule has 5 fully saturated rings. The molecule has 7 rings (SSSR count). The molecule has 8 atom stereocenters. The number of carbonyl (C=O) groups is 1. The van der Waals surface area contributed by atoms with Gasteiger partial charge in [-0.25, -0.2) is 4.98 Å². The number of likely N-dealkylation sites (tertiary alicyclic amines) is 1. The van der Waals surface area contributed by atoms with E-state index in [-0.39, 0.29) is 11.5 Å². The Hall–Kier alpha value is -1.68. The minimum absolute atomic E-state index is 0.0300. The molecule has 4 saturated carbocycles. The maximum Gasteiger partial charge on any atom is 0.161 e. The van der Waals surface area contributed by atoms with Gasteiger partial charge in [-0.05, 0) is 119 Å². The normalized spacial score (nSPS) is 44.7. The van der Waals surface area contributed by atoms with Crippen LogP contribution in [0.3, 0.4) is 0 Å². The Morgan fingerprint density at radius 1 is 0.941 bits per heavy atom. The van der Waals surface area contributed by atoms with Crippen LogP contribution in [0.4, 0.5) is 0 Å². The van der Waals surface area contributed by atoms with E-state index in [0.717, 1.165) is 47.7 Å². The standard InChI is InChI=1S/C30H41N3O/c1-29-13-11-21(32-15-5-6-16-32)17-20(29)9-10-22-23(29)12-14-30(2)24(22)18-27(28(30)34)33-19-31-25-7-3-4-8-26(25)33/h3-4,7-8,19-24,27H,5-6,9-18H2,1-2H3/t20-,21-,22+,23-,24-,27-,29-,30-/m0/s1. The lowest BCUT2D eigenvalue weighted by molar-refractivity contribution is -0.141. The van der Waals surface area contributed by atoms with E-state index in [1.165, 1.54) is 64.5 Å². The molecule has 2 heterocycles. The van der Waals surface area contributed by atoms with Gasteiger partial charge in [0.25, 0.3) is 0 Å². The number of nitrogens with zero attached hydrogens (tertiary/aromatic N) is 3. The molecular formula is C30H41N3O. The largest absolute Gasteiger partial charge is 0.320 e. The second-order valence-corrected chi connectivity index (χ2v) is 13.0. The number of rotatable bonds is 2. The highest BCUT2D eigenvalue weighted by atomic mass is 16.1. The molecule has 0 amide bonds. The summed E-state index contributed by atoms with van der Waals surface area (Å²) in [5.74, 6) is 3.47. The number of aromatic nitrogens is 2. The van der Waals surface area contributed by atoms with Crippen LogP contribution in [0.25, 0.3) is 11.0 Å². The molecule has 0 unspecified atom stereocenters. The van der Waals surface area contributed by atoms with Crippen LogP contribution in [-0.2, 0) is 4.79 Å². The Bertz CT molecular complexity index is 1100. The highest BCUT2D eigenvalue weighted by Gasteiger charge is 2.62. The first-order chi connectivity index (χ1) is 16.5. The first-order valence-electron chi connectivity index (χ1n) is 14.2. The van der Waals surface area contributed by atoms with Crippen LogP contribution in [0.5, 0.6) is 0 Å². The van der Waals surface area contributed by atoms with Gasteiger partial charge < -0.3 is 9.47 Å². The van der Waals surface area contributed by atoms with Crippen LogP contribution in [0.1, 0.15) is 84.1 Å². The zero-order valence-electron chi connectivity index (χ0n) is 21.1. The average Bonchev–Trinajstić information content (AvgIpc) is 3.58. The molecule has 1 saturated heterocycles.